The van der Waals surface area contributed by atoms with E-state index in [0.29, 0.717) is 43.6 Å². The third-order valence-corrected chi connectivity index (χ3v) is 4.59. The summed E-state index contributed by atoms with van der Waals surface area (Å²) in [5.74, 6) is -0.488. The minimum atomic E-state index is -0.538. The molecule has 1 aliphatic rings. The second-order valence-corrected chi connectivity index (χ2v) is 6.85. The van der Waals surface area contributed by atoms with E-state index in [1.54, 1.807) is 24.3 Å². The van der Waals surface area contributed by atoms with Crippen LogP contribution in [0.25, 0.3) is 5.82 Å². The average molecular weight is 432 g/mol. The van der Waals surface area contributed by atoms with Gasteiger partial charge in [-0.25, -0.2) is 10.1 Å². The van der Waals surface area contributed by atoms with Crippen LogP contribution in [0.1, 0.15) is 21.7 Å². The lowest BCUT2D eigenvalue weighted by molar-refractivity contribution is 0.0335. The first-order chi connectivity index (χ1) is 14.6. The number of carbonyl (C=O) groups is 1. The molecule has 1 fully saturated rings. The topological polar surface area (TPSA) is 150 Å². The molecule has 0 saturated carbocycles. The van der Waals surface area contributed by atoms with Gasteiger partial charge in [0.25, 0.3) is 5.91 Å². The Hall–Kier alpha value is -3.35. The van der Waals surface area contributed by atoms with Gasteiger partial charge >= 0.3 is 0 Å². The number of hydrazone groups is 1. The highest BCUT2D eigenvalue weighted by Gasteiger charge is 2.26. The summed E-state index contributed by atoms with van der Waals surface area (Å²) in [7, 11) is 0. The third kappa shape index (κ3) is 4.45. The molecule has 3 heterocycles. The number of aromatic nitrogens is 5. The SMILES string of the molecule is Nc1nonc1-n1nnc(CN2CCOCC2)c1C(=O)N/N=C/c1cccc(Cl)c1. The van der Waals surface area contributed by atoms with Crippen LogP contribution in [0.3, 0.4) is 0 Å². The molecule has 12 nitrogen and oxygen atoms in total. The molecule has 13 heteroatoms. The van der Waals surface area contributed by atoms with Crippen molar-refractivity contribution in [3.8, 4) is 5.82 Å². The number of rotatable bonds is 6. The summed E-state index contributed by atoms with van der Waals surface area (Å²) < 4.78 is 11.2. The standard InChI is InChI=1S/C17H18ClN9O3/c18-12-3-1-2-11(8-12)9-20-22-17(28)14-13(10-26-4-6-29-7-5-26)21-25-27(14)16-15(19)23-30-24-16/h1-3,8-9H,4-7,10H2,(H2,19,23)(H,22,28)/b20-9+. The summed E-state index contributed by atoms with van der Waals surface area (Å²) >= 11 is 5.96. The normalized spacial score (nSPS) is 15.0. The van der Waals surface area contributed by atoms with Gasteiger partial charge in [0.15, 0.2) is 5.69 Å². The molecule has 4 rings (SSSR count). The fourth-order valence-corrected chi connectivity index (χ4v) is 3.11. The molecule has 0 spiro atoms. The summed E-state index contributed by atoms with van der Waals surface area (Å²) in [5.41, 5.74) is 9.55. The Bertz CT molecular complexity index is 1060. The molecule has 0 bridgehead atoms. The molecular weight excluding hydrogens is 414 g/mol. The average Bonchev–Trinajstić information content (AvgIpc) is 3.34. The predicted molar refractivity (Wildman–Crippen MR) is 106 cm³/mol. The Morgan fingerprint density at radius 2 is 2.17 bits per heavy atom. The van der Waals surface area contributed by atoms with Gasteiger partial charge < -0.3 is 10.5 Å². The van der Waals surface area contributed by atoms with Gasteiger partial charge in [-0.2, -0.15) is 9.78 Å². The summed E-state index contributed by atoms with van der Waals surface area (Å²) in [6.45, 7) is 3.05. The van der Waals surface area contributed by atoms with Crippen molar-refractivity contribution in [1.29, 1.82) is 0 Å². The Morgan fingerprint density at radius 1 is 1.33 bits per heavy atom. The van der Waals surface area contributed by atoms with Gasteiger partial charge in [0.2, 0.25) is 11.6 Å². The highest BCUT2D eigenvalue weighted by atomic mass is 35.5. The van der Waals surface area contributed by atoms with Crippen LogP contribution in [-0.4, -0.2) is 68.6 Å². The number of hydrogen-bond donors (Lipinski definition) is 2. The fraction of sp³-hybridized carbons (Fsp3) is 0.294. The van der Waals surface area contributed by atoms with Crippen molar-refractivity contribution in [2.75, 3.05) is 32.0 Å². The highest BCUT2D eigenvalue weighted by Crippen LogP contribution is 2.17. The first-order valence-electron chi connectivity index (χ1n) is 9.04. The van der Waals surface area contributed by atoms with E-state index >= 15 is 0 Å². The van der Waals surface area contributed by atoms with Crippen molar-refractivity contribution < 1.29 is 14.2 Å². The van der Waals surface area contributed by atoms with Crippen LogP contribution in [0.5, 0.6) is 0 Å². The molecule has 1 amide bonds. The molecule has 1 saturated heterocycles. The van der Waals surface area contributed by atoms with E-state index in [4.69, 9.17) is 22.1 Å². The predicted octanol–water partition coefficient (Wildman–Crippen LogP) is 0.482. The summed E-state index contributed by atoms with van der Waals surface area (Å²) in [6.07, 6.45) is 1.48. The lowest BCUT2D eigenvalue weighted by atomic mass is 10.2. The number of nitrogens with one attached hydrogen (secondary N) is 1. The first kappa shape index (κ1) is 19.9. The van der Waals surface area contributed by atoms with Gasteiger partial charge in [-0.1, -0.05) is 28.9 Å². The zero-order chi connectivity index (χ0) is 20.9. The molecule has 0 radical (unpaired) electrons. The molecule has 1 aliphatic heterocycles. The Morgan fingerprint density at radius 3 is 2.90 bits per heavy atom. The molecule has 30 heavy (non-hydrogen) atoms. The molecule has 156 valence electrons. The number of amides is 1. The van der Waals surface area contributed by atoms with Crippen molar-refractivity contribution in [3.05, 3.63) is 46.2 Å². The first-order valence-corrected chi connectivity index (χ1v) is 9.41. The van der Waals surface area contributed by atoms with E-state index in [0.717, 1.165) is 5.56 Å². The maximum Gasteiger partial charge on any atom is 0.292 e. The molecule has 1 aromatic carbocycles. The molecule has 0 unspecified atom stereocenters. The van der Waals surface area contributed by atoms with Gasteiger partial charge in [-0.15, -0.1) is 5.10 Å². The zero-order valence-corrected chi connectivity index (χ0v) is 16.5. The minimum Gasteiger partial charge on any atom is -0.379 e. The number of benzene rings is 1. The number of nitrogens with zero attached hydrogens (tertiary/aromatic N) is 7. The van der Waals surface area contributed by atoms with Crippen LogP contribution in [0.15, 0.2) is 34.0 Å². The van der Waals surface area contributed by atoms with Crippen molar-refractivity contribution >= 4 is 29.5 Å². The van der Waals surface area contributed by atoms with Crippen LogP contribution in [0, 0.1) is 0 Å². The Balaban J connectivity index is 1.59. The third-order valence-electron chi connectivity index (χ3n) is 4.36. The fourth-order valence-electron chi connectivity index (χ4n) is 2.91. The van der Waals surface area contributed by atoms with Crippen LogP contribution in [0.4, 0.5) is 5.82 Å². The van der Waals surface area contributed by atoms with Crippen molar-refractivity contribution in [3.63, 3.8) is 0 Å². The van der Waals surface area contributed by atoms with E-state index < -0.39 is 5.91 Å². The zero-order valence-electron chi connectivity index (χ0n) is 15.7. The largest absolute Gasteiger partial charge is 0.379 e. The molecule has 0 aliphatic carbocycles. The molecule has 3 aromatic rings. The molecule has 2 aromatic heterocycles. The van der Waals surface area contributed by atoms with E-state index in [1.165, 1.54) is 10.9 Å². The maximum atomic E-state index is 12.9. The second-order valence-electron chi connectivity index (χ2n) is 6.41. The number of anilines is 1. The van der Waals surface area contributed by atoms with Gasteiger partial charge in [0.1, 0.15) is 5.69 Å². The van der Waals surface area contributed by atoms with Crippen LogP contribution < -0.4 is 11.2 Å². The Labute approximate surface area is 175 Å². The van der Waals surface area contributed by atoms with Gasteiger partial charge in [-0.05, 0) is 28.0 Å². The number of ether oxygens (including phenoxy) is 1. The summed E-state index contributed by atoms with van der Waals surface area (Å²) in [4.78, 5) is 15.0. The minimum absolute atomic E-state index is 0.0192. The van der Waals surface area contributed by atoms with E-state index in [-0.39, 0.29) is 17.3 Å². The summed E-state index contributed by atoms with van der Waals surface area (Å²) in [5, 5.41) is 20.0. The smallest absolute Gasteiger partial charge is 0.292 e. The van der Waals surface area contributed by atoms with Gasteiger partial charge in [0.05, 0.1) is 19.4 Å². The highest BCUT2D eigenvalue weighted by molar-refractivity contribution is 6.30. The number of nitrogens with two attached hydrogens (primary N) is 1. The second kappa shape index (κ2) is 8.98. The van der Waals surface area contributed by atoms with E-state index in [9.17, 15) is 4.79 Å². The molecule has 0 atom stereocenters. The number of carbonyl (C=O) groups excluding carboxylic acids is 1. The quantitative estimate of drug-likeness (QED) is 0.419. The van der Waals surface area contributed by atoms with Gasteiger partial charge in [0, 0.05) is 24.7 Å². The number of hydrogen-bond acceptors (Lipinski definition) is 10. The van der Waals surface area contributed by atoms with Crippen LogP contribution >= 0.6 is 11.6 Å². The van der Waals surface area contributed by atoms with Gasteiger partial charge in [-0.3, -0.25) is 9.69 Å². The summed E-state index contributed by atoms with van der Waals surface area (Å²) in [6, 6.07) is 7.05. The monoisotopic (exact) mass is 431 g/mol. The maximum absolute atomic E-state index is 12.9. The van der Waals surface area contributed by atoms with Crippen molar-refractivity contribution in [2.24, 2.45) is 5.10 Å². The lowest BCUT2D eigenvalue weighted by Gasteiger charge is -2.25. The number of nitrogen functional groups attached to an aromatic ring is 1. The number of halogens is 1. The van der Waals surface area contributed by atoms with Crippen LogP contribution in [0.2, 0.25) is 5.02 Å². The van der Waals surface area contributed by atoms with Crippen molar-refractivity contribution in [1.82, 2.24) is 35.6 Å². The number of morpholine rings is 1. The Kier molecular flexibility index (Phi) is 5.97. The lowest BCUT2D eigenvalue weighted by Crippen LogP contribution is -2.36. The van der Waals surface area contributed by atoms with E-state index in [1.807, 2.05) is 0 Å². The van der Waals surface area contributed by atoms with Crippen LogP contribution in [-0.2, 0) is 11.3 Å². The van der Waals surface area contributed by atoms with Crippen molar-refractivity contribution in [2.45, 2.75) is 6.54 Å². The molecular formula is C17H18ClN9O3. The van der Waals surface area contributed by atoms with E-state index in [2.05, 4.69) is 40.7 Å². The molecule has 3 N–H and O–H groups in total.